The maximum atomic E-state index is 13.2. The third kappa shape index (κ3) is 4.24. The van der Waals surface area contributed by atoms with E-state index in [-0.39, 0.29) is 11.7 Å². The molecule has 0 bridgehead atoms. The average molecular weight is 329 g/mol. The fourth-order valence-electron chi connectivity index (χ4n) is 2.87. The summed E-state index contributed by atoms with van der Waals surface area (Å²) < 4.78 is 26.5. The van der Waals surface area contributed by atoms with E-state index in [0.717, 1.165) is 32.0 Å². The molecule has 1 N–H and O–H groups in total. The largest absolute Gasteiger partial charge is 0.366 e. The molecule has 2 heterocycles. The van der Waals surface area contributed by atoms with Gasteiger partial charge >= 0.3 is 0 Å². The first-order valence-corrected chi connectivity index (χ1v) is 7.80. The Hall–Kier alpha value is -2.59. The van der Waals surface area contributed by atoms with Gasteiger partial charge in [0.05, 0.1) is 0 Å². The van der Waals surface area contributed by atoms with Crippen LogP contribution < -0.4 is 5.32 Å². The van der Waals surface area contributed by atoms with Crippen molar-refractivity contribution in [2.75, 3.05) is 18.4 Å². The number of nitrogens with one attached hydrogen (secondary N) is 1. The van der Waals surface area contributed by atoms with Gasteiger partial charge in [0.25, 0.3) is 0 Å². The lowest BCUT2D eigenvalue weighted by Gasteiger charge is -2.32. The van der Waals surface area contributed by atoms with Gasteiger partial charge in [-0.3, -0.25) is 4.90 Å². The summed E-state index contributed by atoms with van der Waals surface area (Å²) in [6.07, 6.45) is 1.80. The number of piperidine rings is 1. The van der Waals surface area contributed by atoms with Gasteiger partial charge in [0.1, 0.15) is 23.5 Å². The summed E-state index contributed by atoms with van der Waals surface area (Å²) >= 11 is 0. The second-order valence-corrected chi connectivity index (χ2v) is 5.89. The highest BCUT2D eigenvalue weighted by Crippen LogP contribution is 2.18. The summed E-state index contributed by atoms with van der Waals surface area (Å²) in [7, 11) is 0. The number of nitriles is 1. The molecule has 1 aliphatic rings. The van der Waals surface area contributed by atoms with Crippen LogP contribution in [0.1, 0.15) is 24.1 Å². The number of aromatic nitrogens is 2. The van der Waals surface area contributed by atoms with Gasteiger partial charge in [0.15, 0.2) is 5.69 Å². The zero-order valence-corrected chi connectivity index (χ0v) is 13.0. The topological polar surface area (TPSA) is 64.8 Å². The lowest BCUT2D eigenvalue weighted by atomic mass is 10.0. The van der Waals surface area contributed by atoms with E-state index < -0.39 is 11.6 Å². The number of nitrogens with zero attached hydrogens (tertiary/aromatic N) is 4. The van der Waals surface area contributed by atoms with Crippen molar-refractivity contribution in [1.29, 1.82) is 5.26 Å². The Balaban J connectivity index is 1.51. The minimum atomic E-state index is -0.541. The summed E-state index contributed by atoms with van der Waals surface area (Å²) in [6.45, 7) is 2.21. The van der Waals surface area contributed by atoms with Crippen molar-refractivity contribution in [1.82, 2.24) is 15.1 Å². The van der Waals surface area contributed by atoms with E-state index in [0.29, 0.717) is 17.9 Å². The second-order valence-electron chi connectivity index (χ2n) is 5.89. The van der Waals surface area contributed by atoms with E-state index >= 15 is 0 Å². The lowest BCUT2D eigenvalue weighted by Crippen LogP contribution is -2.38. The van der Waals surface area contributed by atoms with Crippen LogP contribution in [0.2, 0.25) is 0 Å². The molecule has 124 valence electrons. The molecule has 0 saturated carbocycles. The second kappa shape index (κ2) is 7.32. The molecule has 0 aliphatic carbocycles. The van der Waals surface area contributed by atoms with Crippen molar-refractivity contribution in [3.05, 3.63) is 53.2 Å². The molecule has 0 spiro atoms. The van der Waals surface area contributed by atoms with Crippen molar-refractivity contribution < 1.29 is 8.78 Å². The predicted octanol–water partition coefficient (Wildman–Crippen LogP) is 2.70. The molecule has 3 rings (SSSR count). The van der Waals surface area contributed by atoms with Crippen LogP contribution in [0, 0.1) is 23.0 Å². The summed E-state index contributed by atoms with van der Waals surface area (Å²) in [5.41, 5.74) is 0.939. The lowest BCUT2D eigenvalue weighted by molar-refractivity contribution is 0.210. The van der Waals surface area contributed by atoms with E-state index in [4.69, 9.17) is 5.26 Å². The average Bonchev–Trinajstić information content (AvgIpc) is 2.56. The molecule has 1 aromatic heterocycles. The van der Waals surface area contributed by atoms with Crippen molar-refractivity contribution >= 4 is 5.82 Å². The Bertz CT molecular complexity index is 713. The Morgan fingerprint density at radius 2 is 1.83 bits per heavy atom. The van der Waals surface area contributed by atoms with Crippen molar-refractivity contribution in [3.8, 4) is 6.07 Å². The molecule has 1 aromatic carbocycles. The molecule has 5 nitrogen and oxygen atoms in total. The molecule has 24 heavy (non-hydrogen) atoms. The first-order valence-electron chi connectivity index (χ1n) is 7.80. The molecule has 0 amide bonds. The summed E-state index contributed by atoms with van der Waals surface area (Å²) in [5, 5.41) is 19.8. The van der Waals surface area contributed by atoms with Gasteiger partial charge in [-0.2, -0.15) is 5.26 Å². The third-order valence-corrected chi connectivity index (χ3v) is 4.05. The minimum Gasteiger partial charge on any atom is -0.366 e. The normalized spacial score (nSPS) is 15.9. The summed E-state index contributed by atoms with van der Waals surface area (Å²) in [5.74, 6) is -0.429. The number of halogens is 2. The zero-order chi connectivity index (χ0) is 16.9. The Kier molecular flexibility index (Phi) is 4.96. The number of rotatable bonds is 4. The number of hydrogen-bond donors (Lipinski definition) is 1. The number of likely N-dealkylation sites (tertiary alicyclic amines) is 1. The van der Waals surface area contributed by atoms with Gasteiger partial charge in [-0.1, -0.05) is 0 Å². The maximum Gasteiger partial charge on any atom is 0.163 e. The van der Waals surface area contributed by atoms with Crippen LogP contribution in [-0.4, -0.2) is 34.2 Å². The van der Waals surface area contributed by atoms with Crippen molar-refractivity contribution in [2.24, 2.45) is 0 Å². The van der Waals surface area contributed by atoms with E-state index in [1.807, 2.05) is 6.07 Å². The van der Waals surface area contributed by atoms with Gasteiger partial charge in [-0.05, 0) is 42.7 Å². The van der Waals surface area contributed by atoms with Crippen LogP contribution in [-0.2, 0) is 6.54 Å². The smallest absolute Gasteiger partial charge is 0.163 e. The van der Waals surface area contributed by atoms with Gasteiger partial charge in [0.2, 0.25) is 0 Å². The van der Waals surface area contributed by atoms with Crippen LogP contribution >= 0.6 is 0 Å². The van der Waals surface area contributed by atoms with E-state index in [1.54, 1.807) is 12.1 Å². The van der Waals surface area contributed by atoms with Crippen molar-refractivity contribution in [3.63, 3.8) is 0 Å². The van der Waals surface area contributed by atoms with Gasteiger partial charge in [0, 0.05) is 31.7 Å². The summed E-state index contributed by atoms with van der Waals surface area (Å²) in [6, 6.07) is 9.21. The molecule has 2 aromatic rings. The highest BCUT2D eigenvalue weighted by Gasteiger charge is 2.20. The molecule has 0 unspecified atom stereocenters. The Morgan fingerprint density at radius 1 is 1.12 bits per heavy atom. The molecular formula is C17H17F2N5. The van der Waals surface area contributed by atoms with Gasteiger partial charge < -0.3 is 5.32 Å². The van der Waals surface area contributed by atoms with Crippen LogP contribution in [0.4, 0.5) is 14.6 Å². The monoisotopic (exact) mass is 329 g/mol. The van der Waals surface area contributed by atoms with Crippen LogP contribution in [0.3, 0.4) is 0 Å². The molecular weight excluding hydrogens is 312 g/mol. The van der Waals surface area contributed by atoms with Gasteiger partial charge in [-0.15, -0.1) is 10.2 Å². The Morgan fingerprint density at radius 3 is 2.42 bits per heavy atom. The fourth-order valence-corrected chi connectivity index (χ4v) is 2.87. The van der Waals surface area contributed by atoms with E-state index in [2.05, 4.69) is 20.4 Å². The van der Waals surface area contributed by atoms with Crippen LogP contribution in [0.25, 0.3) is 0 Å². The predicted molar refractivity (Wildman–Crippen MR) is 85.0 cm³/mol. The van der Waals surface area contributed by atoms with Crippen molar-refractivity contribution in [2.45, 2.75) is 25.4 Å². The number of anilines is 1. The van der Waals surface area contributed by atoms with Crippen LogP contribution in [0.15, 0.2) is 30.3 Å². The first kappa shape index (κ1) is 16.3. The standard InChI is InChI=1S/C17H17F2N5/c18-13-7-12(8-14(19)9-13)11-24-5-3-15(4-6-24)21-17-2-1-16(10-20)22-23-17/h1-2,7-9,15H,3-6,11H2,(H,21,23). The minimum absolute atomic E-state index is 0.271. The molecule has 1 aliphatic heterocycles. The molecule has 7 heteroatoms. The third-order valence-electron chi connectivity index (χ3n) is 4.05. The van der Waals surface area contributed by atoms with E-state index in [1.165, 1.54) is 12.1 Å². The highest BCUT2D eigenvalue weighted by atomic mass is 19.1. The molecule has 1 fully saturated rings. The number of hydrogen-bond acceptors (Lipinski definition) is 5. The molecule has 1 saturated heterocycles. The molecule has 0 radical (unpaired) electrons. The maximum absolute atomic E-state index is 13.2. The van der Waals surface area contributed by atoms with E-state index in [9.17, 15) is 8.78 Å². The fraction of sp³-hybridized carbons (Fsp3) is 0.353. The SMILES string of the molecule is N#Cc1ccc(NC2CCN(Cc3cc(F)cc(F)c3)CC2)nn1. The molecule has 0 atom stereocenters. The Labute approximate surface area is 138 Å². The first-order chi connectivity index (χ1) is 11.6. The highest BCUT2D eigenvalue weighted by molar-refractivity contribution is 5.36. The quantitative estimate of drug-likeness (QED) is 0.934. The zero-order valence-electron chi connectivity index (χ0n) is 13.0. The van der Waals surface area contributed by atoms with Crippen LogP contribution in [0.5, 0.6) is 0 Å². The van der Waals surface area contributed by atoms with Gasteiger partial charge in [-0.25, -0.2) is 8.78 Å². The summed E-state index contributed by atoms with van der Waals surface area (Å²) in [4.78, 5) is 2.18. The number of benzene rings is 1.